The summed E-state index contributed by atoms with van der Waals surface area (Å²) in [4.78, 5) is 22.6. The molecule has 3 heterocycles. The van der Waals surface area contributed by atoms with E-state index in [0.717, 1.165) is 47.7 Å². The van der Waals surface area contributed by atoms with E-state index in [2.05, 4.69) is 29.0 Å². The number of rotatable bonds is 5. The quantitative estimate of drug-likeness (QED) is 0.754. The number of amides is 1. The van der Waals surface area contributed by atoms with E-state index in [4.69, 9.17) is 4.52 Å². The van der Waals surface area contributed by atoms with Crippen molar-refractivity contribution >= 4 is 16.9 Å². The molecule has 0 unspecified atom stereocenters. The highest BCUT2D eigenvalue weighted by Gasteiger charge is 2.32. The summed E-state index contributed by atoms with van der Waals surface area (Å²) in [6.45, 7) is 4.94. The van der Waals surface area contributed by atoms with Gasteiger partial charge in [0.1, 0.15) is 17.3 Å². The first-order valence-electron chi connectivity index (χ1n) is 9.31. The van der Waals surface area contributed by atoms with E-state index in [1.807, 2.05) is 35.2 Å². The first-order valence-corrected chi connectivity index (χ1v) is 9.31. The summed E-state index contributed by atoms with van der Waals surface area (Å²) in [5.41, 5.74) is 2.83. The predicted molar refractivity (Wildman–Crippen MR) is 98.7 cm³/mol. The Morgan fingerprint density at radius 2 is 2.23 bits per heavy atom. The number of nitrogens with one attached hydrogen (secondary N) is 1. The molecule has 1 N–H and O–H groups in total. The van der Waals surface area contributed by atoms with Crippen LogP contribution in [0.2, 0.25) is 0 Å². The fourth-order valence-electron chi connectivity index (χ4n) is 3.60. The molecule has 3 aromatic rings. The molecular weight excluding hydrogens is 328 g/mol. The summed E-state index contributed by atoms with van der Waals surface area (Å²) in [5, 5.41) is 4.21. The molecule has 6 heteroatoms. The number of carbonyl (C=O) groups excluding carboxylic acids is 1. The molecule has 2 aromatic heterocycles. The summed E-state index contributed by atoms with van der Waals surface area (Å²) in [6.07, 6.45) is 3.02. The lowest BCUT2D eigenvalue weighted by atomic mass is 10.1. The maximum absolute atomic E-state index is 12.8. The van der Waals surface area contributed by atoms with Gasteiger partial charge in [-0.1, -0.05) is 31.1 Å². The van der Waals surface area contributed by atoms with Crippen LogP contribution in [0.25, 0.3) is 11.0 Å². The zero-order valence-corrected chi connectivity index (χ0v) is 15.2. The summed E-state index contributed by atoms with van der Waals surface area (Å²) >= 11 is 0. The van der Waals surface area contributed by atoms with Crippen molar-refractivity contribution in [1.29, 1.82) is 0 Å². The third kappa shape index (κ3) is 3.23. The number of imidazole rings is 1. The average Bonchev–Trinajstić information content (AvgIpc) is 3.37. The number of aromatic nitrogens is 3. The second kappa shape index (κ2) is 6.94. The van der Waals surface area contributed by atoms with Gasteiger partial charge >= 0.3 is 0 Å². The van der Waals surface area contributed by atoms with Crippen LogP contribution < -0.4 is 0 Å². The first kappa shape index (κ1) is 16.8. The Balaban J connectivity index is 1.42. The Hall–Kier alpha value is -2.63. The van der Waals surface area contributed by atoms with Crippen molar-refractivity contribution in [2.75, 3.05) is 6.54 Å². The summed E-state index contributed by atoms with van der Waals surface area (Å²) in [7, 11) is 0. The Bertz CT molecular complexity index is 878. The summed E-state index contributed by atoms with van der Waals surface area (Å²) in [6, 6.07) is 9.96. The van der Waals surface area contributed by atoms with Crippen LogP contribution in [-0.2, 0) is 11.2 Å². The topological polar surface area (TPSA) is 75.0 Å². The number of benzene rings is 1. The molecule has 0 saturated carbocycles. The maximum atomic E-state index is 12.8. The molecule has 0 spiro atoms. The van der Waals surface area contributed by atoms with Crippen LogP contribution in [0.1, 0.15) is 62.3 Å². The van der Waals surface area contributed by atoms with Gasteiger partial charge in [0.2, 0.25) is 5.91 Å². The van der Waals surface area contributed by atoms with E-state index in [1.54, 1.807) is 0 Å². The predicted octanol–water partition coefficient (Wildman–Crippen LogP) is 3.97. The fraction of sp³-hybridized carbons (Fsp3) is 0.450. The Morgan fingerprint density at radius 1 is 1.38 bits per heavy atom. The van der Waals surface area contributed by atoms with Crippen LogP contribution in [0.5, 0.6) is 0 Å². The molecule has 1 aliphatic heterocycles. The van der Waals surface area contributed by atoms with Gasteiger partial charge in [0.05, 0.1) is 17.1 Å². The molecule has 0 aliphatic carbocycles. The lowest BCUT2D eigenvalue weighted by Crippen LogP contribution is -2.31. The molecule has 4 rings (SSSR count). The fourth-order valence-corrected chi connectivity index (χ4v) is 3.60. The van der Waals surface area contributed by atoms with Crippen LogP contribution in [0.3, 0.4) is 0 Å². The Kier molecular flexibility index (Phi) is 4.49. The van der Waals surface area contributed by atoms with Crippen LogP contribution in [0, 0.1) is 0 Å². The molecule has 26 heavy (non-hydrogen) atoms. The molecule has 136 valence electrons. The maximum Gasteiger partial charge on any atom is 0.223 e. The number of aryl methyl sites for hydroxylation is 1. The van der Waals surface area contributed by atoms with Gasteiger partial charge in [-0.3, -0.25) is 4.79 Å². The largest absolute Gasteiger partial charge is 0.361 e. The highest BCUT2D eigenvalue weighted by Crippen LogP contribution is 2.33. The van der Waals surface area contributed by atoms with E-state index in [9.17, 15) is 4.79 Å². The van der Waals surface area contributed by atoms with Crippen molar-refractivity contribution < 1.29 is 9.32 Å². The zero-order chi connectivity index (χ0) is 18.1. The van der Waals surface area contributed by atoms with Gasteiger partial charge in [0.25, 0.3) is 0 Å². The van der Waals surface area contributed by atoms with E-state index in [1.165, 1.54) is 0 Å². The van der Waals surface area contributed by atoms with Gasteiger partial charge in [0, 0.05) is 31.4 Å². The molecule has 6 nitrogen and oxygen atoms in total. The van der Waals surface area contributed by atoms with Crippen LogP contribution in [-0.4, -0.2) is 32.5 Å². The van der Waals surface area contributed by atoms with Crippen molar-refractivity contribution in [1.82, 2.24) is 20.0 Å². The Labute approximate surface area is 152 Å². The van der Waals surface area contributed by atoms with Gasteiger partial charge in [-0.2, -0.15) is 0 Å². The van der Waals surface area contributed by atoms with Gasteiger partial charge in [0.15, 0.2) is 0 Å². The minimum Gasteiger partial charge on any atom is -0.361 e. The van der Waals surface area contributed by atoms with E-state index in [-0.39, 0.29) is 11.9 Å². The van der Waals surface area contributed by atoms with Crippen LogP contribution >= 0.6 is 0 Å². The highest BCUT2D eigenvalue weighted by atomic mass is 16.5. The van der Waals surface area contributed by atoms with Gasteiger partial charge in [-0.25, -0.2) is 4.98 Å². The van der Waals surface area contributed by atoms with Crippen LogP contribution in [0.4, 0.5) is 0 Å². The number of hydrogen-bond donors (Lipinski definition) is 1. The number of hydrogen-bond acceptors (Lipinski definition) is 4. The van der Waals surface area contributed by atoms with E-state index in [0.29, 0.717) is 18.8 Å². The van der Waals surface area contributed by atoms with Crippen LogP contribution in [0.15, 0.2) is 34.9 Å². The molecule has 0 radical (unpaired) electrons. The average molecular weight is 352 g/mol. The van der Waals surface area contributed by atoms with Crippen molar-refractivity contribution in [3.05, 3.63) is 47.6 Å². The lowest BCUT2D eigenvalue weighted by molar-refractivity contribution is -0.132. The monoisotopic (exact) mass is 352 g/mol. The number of para-hydroxylation sites is 2. The number of likely N-dealkylation sites (tertiary alicyclic amines) is 1. The van der Waals surface area contributed by atoms with E-state index < -0.39 is 0 Å². The SMILES string of the molecule is CC(C)c1cc([C@@H]2CCCN2C(=O)CCc2nc3ccccc3[nH]2)no1. The first-order chi connectivity index (χ1) is 12.6. The second-order valence-electron chi connectivity index (χ2n) is 7.25. The zero-order valence-electron chi connectivity index (χ0n) is 15.2. The number of nitrogens with zero attached hydrogens (tertiary/aromatic N) is 3. The van der Waals surface area contributed by atoms with Gasteiger partial charge < -0.3 is 14.4 Å². The number of carbonyl (C=O) groups is 1. The molecule has 1 amide bonds. The lowest BCUT2D eigenvalue weighted by Gasteiger charge is -2.22. The molecule has 0 bridgehead atoms. The van der Waals surface area contributed by atoms with Crippen molar-refractivity contribution in [2.45, 2.75) is 51.5 Å². The summed E-state index contributed by atoms with van der Waals surface area (Å²) < 4.78 is 5.43. The van der Waals surface area contributed by atoms with E-state index >= 15 is 0 Å². The standard InChI is InChI=1S/C20H24N4O2/c1-13(2)18-12-16(23-26-18)17-8-5-11-24(17)20(25)10-9-19-21-14-6-3-4-7-15(14)22-19/h3-4,6-7,12-13,17H,5,8-11H2,1-2H3,(H,21,22)/t17-/m0/s1. The second-order valence-corrected chi connectivity index (χ2v) is 7.25. The molecule has 1 fully saturated rings. The molecule has 1 aliphatic rings. The van der Waals surface area contributed by atoms with Crippen molar-refractivity contribution in [2.24, 2.45) is 0 Å². The molecule has 1 aromatic carbocycles. The number of fused-ring (bicyclic) bond motifs is 1. The molecule has 1 atom stereocenters. The molecular formula is C20H24N4O2. The Morgan fingerprint density at radius 3 is 3.00 bits per heavy atom. The number of aromatic amines is 1. The summed E-state index contributed by atoms with van der Waals surface area (Å²) in [5.74, 6) is 2.19. The minimum atomic E-state index is 0.0365. The van der Waals surface area contributed by atoms with Crippen molar-refractivity contribution in [3.63, 3.8) is 0 Å². The third-order valence-corrected chi connectivity index (χ3v) is 5.04. The third-order valence-electron chi connectivity index (χ3n) is 5.04. The smallest absolute Gasteiger partial charge is 0.223 e. The normalized spacial score (nSPS) is 17.5. The van der Waals surface area contributed by atoms with Gasteiger partial charge in [-0.05, 0) is 25.0 Å². The van der Waals surface area contributed by atoms with Gasteiger partial charge in [-0.15, -0.1) is 0 Å². The highest BCUT2D eigenvalue weighted by molar-refractivity contribution is 5.78. The molecule has 1 saturated heterocycles. The minimum absolute atomic E-state index is 0.0365. The van der Waals surface area contributed by atoms with Crippen molar-refractivity contribution in [3.8, 4) is 0 Å². The number of H-pyrrole nitrogens is 1.